The van der Waals surface area contributed by atoms with E-state index in [1.807, 2.05) is 6.07 Å². The normalized spacial score (nSPS) is 11.9. The van der Waals surface area contributed by atoms with Gasteiger partial charge in [-0.25, -0.2) is 0 Å². The molecule has 1 heterocycles. The third-order valence-electron chi connectivity index (χ3n) is 7.47. The molecule has 0 aliphatic heterocycles. The summed E-state index contributed by atoms with van der Waals surface area (Å²) in [4.78, 5) is 0. The molecule has 1 aromatic heterocycles. The van der Waals surface area contributed by atoms with Gasteiger partial charge in [0, 0.05) is 21.9 Å². The number of furan rings is 1. The lowest BCUT2D eigenvalue weighted by molar-refractivity contribution is 0.670. The van der Waals surface area contributed by atoms with Crippen molar-refractivity contribution in [3.63, 3.8) is 0 Å². The van der Waals surface area contributed by atoms with E-state index in [1.165, 1.54) is 43.8 Å². The fraction of sp³-hybridized carbons (Fsp3) is 0.0857. The van der Waals surface area contributed by atoms with E-state index in [-0.39, 0.29) is 0 Å². The molecule has 0 spiro atoms. The number of hydrogen-bond donors (Lipinski definition) is 0. The Labute approximate surface area is 210 Å². The van der Waals surface area contributed by atoms with E-state index in [1.54, 1.807) is 0 Å². The summed E-state index contributed by atoms with van der Waals surface area (Å²) < 4.78 is 6.54. The molecule has 1 heteroatoms. The molecule has 0 aliphatic carbocycles. The van der Waals surface area contributed by atoms with Crippen molar-refractivity contribution in [1.29, 1.82) is 0 Å². The van der Waals surface area contributed by atoms with Gasteiger partial charge in [0.05, 0.1) is 0 Å². The van der Waals surface area contributed by atoms with Crippen molar-refractivity contribution in [2.45, 2.75) is 19.8 Å². The Morgan fingerprint density at radius 3 is 1.69 bits per heavy atom. The van der Waals surface area contributed by atoms with E-state index < -0.39 is 0 Å². The predicted molar refractivity (Wildman–Crippen MR) is 154 cm³/mol. The highest BCUT2D eigenvalue weighted by Crippen LogP contribution is 2.47. The molecule has 0 radical (unpaired) electrons. The summed E-state index contributed by atoms with van der Waals surface area (Å²) >= 11 is 0. The Kier molecular flexibility index (Phi) is 4.72. The van der Waals surface area contributed by atoms with Crippen LogP contribution < -0.4 is 0 Å². The van der Waals surface area contributed by atoms with Crippen LogP contribution in [-0.2, 0) is 0 Å². The number of benzene rings is 6. The molecule has 6 aromatic carbocycles. The molecule has 7 rings (SSSR count). The van der Waals surface area contributed by atoms with Gasteiger partial charge in [0.1, 0.15) is 11.2 Å². The minimum absolute atomic E-state index is 0.496. The molecule has 36 heavy (non-hydrogen) atoms. The molecule has 1 nitrogen and oxygen atoms in total. The average Bonchev–Trinajstić information content (AvgIpc) is 3.31. The van der Waals surface area contributed by atoms with Crippen LogP contribution >= 0.6 is 0 Å². The van der Waals surface area contributed by atoms with Crippen LogP contribution in [-0.4, -0.2) is 0 Å². The topological polar surface area (TPSA) is 13.1 Å². The van der Waals surface area contributed by atoms with Crippen LogP contribution in [0.25, 0.3) is 65.7 Å². The van der Waals surface area contributed by atoms with Crippen LogP contribution in [0.5, 0.6) is 0 Å². The largest absolute Gasteiger partial charge is 0.455 e. The molecule has 0 N–H and O–H groups in total. The van der Waals surface area contributed by atoms with Gasteiger partial charge in [0.15, 0.2) is 0 Å². The van der Waals surface area contributed by atoms with Gasteiger partial charge in [-0.15, -0.1) is 0 Å². The molecule has 172 valence electrons. The zero-order valence-electron chi connectivity index (χ0n) is 20.5. The number of hydrogen-bond acceptors (Lipinski definition) is 1. The van der Waals surface area contributed by atoms with Crippen LogP contribution in [0.3, 0.4) is 0 Å². The summed E-state index contributed by atoms with van der Waals surface area (Å²) in [5.74, 6) is 0.496. The Hall–Kier alpha value is -4.36. The van der Waals surface area contributed by atoms with E-state index in [2.05, 4.69) is 123 Å². The van der Waals surface area contributed by atoms with Crippen LogP contribution in [0.15, 0.2) is 120 Å². The van der Waals surface area contributed by atoms with Gasteiger partial charge in [0.25, 0.3) is 0 Å². The smallest absolute Gasteiger partial charge is 0.143 e. The number of fused-ring (bicyclic) bond motifs is 6. The van der Waals surface area contributed by atoms with E-state index in [9.17, 15) is 0 Å². The highest BCUT2D eigenvalue weighted by Gasteiger charge is 2.21. The van der Waals surface area contributed by atoms with Crippen LogP contribution in [0, 0.1) is 0 Å². The molecule has 0 unspecified atom stereocenters. The monoisotopic (exact) mass is 462 g/mol. The molecule has 0 saturated carbocycles. The summed E-state index contributed by atoms with van der Waals surface area (Å²) in [6.45, 7) is 4.49. The minimum atomic E-state index is 0.496. The maximum Gasteiger partial charge on any atom is 0.143 e. The zero-order chi connectivity index (χ0) is 24.2. The molecule has 0 aliphatic rings. The van der Waals surface area contributed by atoms with Gasteiger partial charge >= 0.3 is 0 Å². The predicted octanol–water partition coefficient (Wildman–Crippen LogP) is 10.3. The van der Waals surface area contributed by atoms with E-state index >= 15 is 0 Å². The van der Waals surface area contributed by atoms with E-state index in [0.29, 0.717) is 5.92 Å². The quantitative estimate of drug-likeness (QED) is 0.238. The Balaban J connectivity index is 1.67. The minimum Gasteiger partial charge on any atom is -0.455 e. The summed E-state index contributed by atoms with van der Waals surface area (Å²) in [6, 6.07) is 41.6. The lowest BCUT2D eigenvalue weighted by Gasteiger charge is -2.19. The third-order valence-corrected chi connectivity index (χ3v) is 7.47. The van der Waals surface area contributed by atoms with Crippen LogP contribution in [0.4, 0.5) is 0 Å². The fourth-order valence-electron chi connectivity index (χ4n) is 5.70. The molecule has 0 atom stereocenters. The van der Waals surface area contributed by atoms with Gasteiger partial charge in [-0.3, -0.25) is 0 Å². The lowest BCUT2D eigenvalue weighted by atomic mass is 9.84. The van der Waals surface area contributed by atoms with Crippen molar-refractivity contribution < 1.29 is 4.42 Å². The van der Waals surface area contributed by atoms with Crippen LogP contribution in [0.2, 0.25) is 0 Å². The Bertz CT molecular complexity index is 1900. The maximum atomic E-state index is 6.54. The lowest BCUT2D eigenvalue weighted by Crippen LogP contribution is -1.93. The third kappa shape index (κ3) is 3.09. The molecule has 0 fully saturated rings. The van der Waals surface area contributed by atoms with Crippen LogP contribution in [0.1, 0.15) is 25.3 Å². The summed E-state index contributed by atoms with van der Waals surface area (Å²) in [5.41, 5.74) is 8.06. The zero-order valence-corrected chi connectivity index (χ0v) is 20.5. The van der Waals surface area contributed by atoms with Gasteiger partial charge in [-0.05, 0) is 50.2 Å². The van der Waals surface area contributed by atoms with Gasteiger partial charge in [0.2, 0.25) is 0 Å². The summed E-state index contributed by atoms with van der Waals surface area (Å²) in [7, 11) is 0. The fourth-order valence-corrected chi connectivity index (χ4v) is 5.70. The highest BCUT2D eigenvalue weighted by molar-refractivity contribution is 6.24. The highest BCUT2D eigenvalue weighted by atomic mass is 16.3. The second kappa shape index (κ2) is 8.10. The summed E-state index contributed by atoms with van der Waals surface area (Å²) in [5, 5.41) is 7.35. The van der Waals surface area contributed by atoms with E-state index in [4.69, 9.17) is 4.42 Å². The van der Waals surface area contributed by atoms with E-state index in [0.717, 1.165) is 27.5 Å². The Morgan fingerprint density at radius 2 is 1.03 bits per heavy atom. The first-order chi connectivity index (χ1) is 17.7. The molecule has 0 amide bonds. The van der Waals surface area contributed by atoms with Gasteiger partial charge < -0.3 is 4.42 Å². The SMILES string of the molecule is CC(C)c1ccc(-c2c(-c3cccc4c3oc3ccccc34)c3ccccc3c3ccccc23)cc1. The van der Waals surface area contributed by atoms with Crippen molar-refractivity contribution in [3.05, 3.63) is 121 Å². The second-order valence-electron chi connectivity index (χ2n) is 9.90. The van der Waals surface area contributed by atoms with Crippen molar-refractivity contribution in [2.24, 2.45) is 0 Å². The summed E-state index contributed by atoms with van der Waals surface area (Å²) in [6.07, 6.45) is 0. The molecular weight excluding hydrogens is 436 g/mol. The first-order valence-electron chi connectivity index (χ1n) is 12.6. The average molecular weight is 463 g/mol. The molecule has 7 aromatic rings. The molecule has 0 saturated heterocycles. The van der Waals surface area contributed by atoms with Crippen molar-refractivity contribution >= 4 is 43.5 Å². The molecule has 0 bridgehead atoms. The van der Waals surface area contributed by atoms with Gasteiger partial charge in [-0.1, -0.05) is 123 Å². The first kappa shape index (κ1) is 21.0. The van der Waals surface area contributed by atoms with Crippen molar-refractivity contribution in [2.75, 3.05) is 0 Å². The van der Waals surface area contributed by atoms with Gasteiger partial charge in [-0.2, -0.15) is 0 Å². The second-order valence-corrected chi connectivity index (χ2v) is 9.90. The standard InChI is InChI=1S/C35H26O/c1-22(2)23-18-20-24(21-19-23)33-28-13-5-3-10-25(28)26-11-4-6-14-29(26)34(33)31-16-9-15-30-27-12-7-8-17-32(27)36-35(30)31/h3-22H,1-2H3. The van der Waals surface area contributed by atoms with Crippen molar-refractivity contribution in [1.82, 2.24) is 0 Å². The Morgan fingerprint density at radius 1 is 0.472 bits per heavy atom. The maximum absolute atomic E-state index is 6.54. The first-order valence-corrected chi connectivity index (χ1v) is 12.6. The molecular formula is C35H26O. The number of rotatable bonds is 3. The van der Waals surface area contributed by atoms with Crippen molar-refractivity contribution in [3.8, 4) is 22.3 Å². The number of para-hydroxylation sites is 2.